The highest BCUT2D eigenvalue weighted by Crippen LogP contribution is 2.35. The molecule has 0 aromatic heterocycles. The number of hydrogen-bond acceptors (Lipinski definition) is 5. The van der Waals surface area contributed by atoms with Crippen molar-refractivity contribution in [1.29, 1.82) is 0 Å². The van der Waals surface area contributed by atoms with Crippen LogP contribution < -0.4 is 25.0 Å². The van der Waals surface area contributed by atoms with Crippen LogP contribution in [-0.2, 0) is 16.1 Å². The molecular weight excluding hydrogens is 426 g/mol. The normalized spacial score (nSPS) is 22.6. The molecule has 1 saturated heterocycles. The summed E-state index contributed by atoms with van der Waals surface area (Å²) >= 11 is 5.51. The van der Waals surface area contributed by atoms with Gasteiger partial charge in [-0.2, -0.15) is 0 Å². The topological polar surface area (TPSA) is 79.9 Å². The van der Waals surface area contributed by atoms with E-state index in [1.54, 1.807) is 31.3 Å². The van der Waals surface area contributed by atoms with Gasteiger partial charge in [0, 0.05) is 18.5 Å². The van der Waals surface area contributed by atoms with Gasteiger partial charge in [-0.05, 0) is 73.4 Å². The van der Waals surface area contributed by atoms with E-state index in [4.69, 9.17) is 21.7 Å². The van der Waals surface area contributed by atoms with E-state index in [-0.39, 0.29) is 29.7 Å². The molecule has 2 aromatic carbocycles. The lowest BCUT2D eigenvalue weighted by Crippen LogP contribution is -2.62. The van der Waals surface area contributed by atoms with Crippen LogP contribution in [0.1, 0.15) is 24.8 Å². The molecule has 1 aliphatic carbocycles. The van der Waals surface area contributed by atoms with Crippen LogP contribution in [0.15, 0.2) is 48.5 Å². The molecule has 32 heavy (non-hydrogen) atoms. The third-order valence-corrected chi connectivity index (χ3v) is 6.53. The Morgan fingerprint density at radius 2 is 1.69 bits per heavy atom. The third kappa shape index (κ3) is 4.55. The Kier molecular flexibility index (Phi) is 6.60. The maximum atomic E-state index is 13.2. The van der Waals surface area contributed by atoms with Gasteiger partial charge in [0.15, 0.2) is 5.11 Å². The average molecular weight is 454 g/mol. The number of benzene rings is 2. The third-order valence-electron chi connectivity index (χ3n) is 6.23. The summed E-state index contributed by atoms with van der Waals surface area (Å²) in [7, 11) is 3.22. The van der Waals surface area contributed by atoms with Gasteiger partial charge in [-0.15, -0.1) is 0 Å². The Hall–Kier alpha value is -3.13. The van der Waals surface area contributed by atoms with Gasteiger partial charge in [-0.3, -0.25) is 14.5 Å². The molecule has 3 atom stereocenters. The van der Waals surface area contributed by atoms with Gasteiger partial charge < -0.3 is 20.1 Å². The van der Waals surface area contributed by atoms with E-state index >= 15 is 0 Å². The number of fused-ring (bicyclic) bond motifs is 1. The lowest BCUT2D eigenvalue weighted by Gasteiger charge is -2.43. The van der Waals surface area contributed by atoms with Crippen LogP contribution in [-0.4, -0.2) is 37.2 Å². The highest BCUT2D eigenvalue weighted by atomic mass is 32.1. The molecule has 3 unspecified atom stereocenters. The van der Waals surface area contributed by atoms with Crippen LogP contribution >= 0.6 is 12.2 Å². The number of nitrogens with zero attached hydrogens (tertiary/aromatic N) is 1. The van der Waals surface area contributed by atoms with E-state index < -0.39 is 0 Å². The van der Waals surface area contributed by atoms with Gasteiger partial charge in [-0.25, -0.2) is 0 Å². The number of hydrogen-bond donors (Lipinski definition) is 2. The monoisotopic (exact) mass is 453 g/mol. The molecule has 2 amide bonds. The van der Waals surface area contributed by atoms with E-state index in [1.165, 1.54) is 0 Å². The lowest BCUT2D eigenvalue weighted by atomic mass is 9.76. The summed E-state index contributed by atoms with van der Waals surface area (Å²) in [5, 5.41) is 6.71. The molecule has 8 heteroatoms. The first-order valence-corrected chi connectivity index (χ1v) is 11.1. The minimum Gasteiger partial charge on any atom is -0.497 e. The van der Waals surface area contributed by atoms with Crippen molar-refractivity contribution in [3.63, 3.8) is 0 Å². The number of methoxy groups -OCH3 is 2. The number of thiocarbonyl (C=S) groups is 1. The molecule has 0 bridgehead atoms. The zero-order valence-electron chi connectivity index (χ0n) is 18.2. The minimum absolute atomic E-state index is 0.0111. The number of carbonyl (C=O) groups is 2. The van der Waals surface area contributed by atoms with Crippen LogP contribution in [0, 0.1) is 11.8 Å². The van der Waals surface area contributed by atoms with Gasteiger partial charge in [-0.1, -0.05) is 12.1 Å². The van der Waals surface area contributed by atoms with Crippen molar-refractivity contribution in [3.05, 3.63) is 54.1 Å². The summed E-state index contributed by atoms with van der Waals surface area (Å²) < 4.78 is 10.4. The highest BCUT2D eigenvalue weighted by Gasteiger charge is 2.44. The molecule has 0 spiro atoms. The Bertz CT molecular complexity index is 993. The van der Waals surface area contributed by atoms with E-state index in [0.29, 0.717) is 36.6 Å². The van der Waals surface area contributed by atoms with Gasteiger partial charge >= 0.3 is 0 Å². The number of nitrogens with one attached hydrogen (secondary N) is 2. The van der Waals surface area contributed by atoms with Crippen LogP contribution in [0.3, 0.4) is 0 Å². The zero-order chi connectivity index (χ0) is 22.7. The van der Waals surface area contributed by atoms with E-state index in [2.05, 4.69) is 10.6 Å². The second-order valence-corrected chi connectivity index (χ2v) is 8.50. The summed E-state index contributed by atoms with van der Waals surface area (Å²) in [5.41, 5.74) is 1.72. The van der Waals surface area contributed by atoms with Crippen LogP contribution in [0.2, 0.25) is 0 Å². The number of anilines is 1. The number of amides is 2. The molecule has 0 radical (unpaired) electrons. The second kappa shape index (κ2) is 9.56. The summed E-state index contributed by atoms with van der Waals surface area (Å²) in [6, 6.07) is 14.7. The molecule has 168 valence electrons. The molecule has 1 heterocycles. The highest BCUT2D eigenvalue weighted by molar-refractivity contribution is 7.80. The van der Waals surface area contributed by atoms with Crippen LogP contribution in [0.5, 0.6) is 11.5 Å². The first kappa shape index (κ1) is 22.1. The number of ether oxygens (including phenoxy) is 2. The molecule has 2 aliphatic rings. The quantitative estimate of drug-likeness (QED) is 0.655. The molecule has 7 nitrogen and oxygen atoms in total. The van der Waals surface area contributed by atoms with Crippen molar-refractivity contribution in [2.75, 3.05) is 19.1 Å². The molecule has 1 aliphatic heterocycles. The Balaban J connectivity index is 1.36. The van der Waals surface area contributed by atoms with Crippen molar-refractivity contribution in [2.24, 2.45) is 11.8 Å². The molecule has 2 N–H and O–H groups in total. The van der Waals surface area contributed by atoms with Gasteiger partial charge in [0.2, 0.25) is 11.8 Å². The number of rotatable bonds is 6. The van der Waals surface area contributed by atoms with Crippen molar-refractivity contribution < 1.29 is 19.1 Å². The van der Waals surface area contributed by atoms with E-state index in [9.17, 15) is 9.59 Å². The van der Waals surface area contributed by atoms with Crippen molar-refractivity contribution in [1.82, 2.24) is 10.6 Å². The zero-order valence-corrected chi connectivity index (χ0v) is 19.0. The van der Waals surface area contributed by atoms with Crippen LogP contribution in [0.4, 0.5) is 5.69 Å². The largest absolute Gasteiger partial charge is 0.497 e. The van der Waals surface area contributed by atoms with Crippen molar-refractivity contribution >= 4 is 34.8 Å². The lowest BCUT2D eigenvalue weighted by molar-refractivity contribution is -0.130. The van der Waals surface area contributed by atoms with Crippen molar-refractivity contribution in [2.45, 2.75) is 31.8 Å². The Morgan fingerprint density at radius 1 is 1.06 bits per heavy atom. The predicted octanol–water partition coefficient (Wildman–Crippen LogP) is 3.03. The second-order valence-electron chi connectivity index (χ2n) is 8.11. The Labute approximate surface area is 193 Å². The maximum absolute atomic E-state index is 13.2. The predicted molar refractivity (Wildman–Crippen MR) is 126 cm³/mol. The minimum atomic E-state index is -0.200. The van der Waals surface area contributed by atoms with Gasteiger partial charge in [0.05, 0.1) is 25.8 Å². The summed E-state index contributed by atoms with van der Waals surface area (Å²) in [5.74, 6) is 1.15. The van der Waals surface area contributed by atoms with Gasteiger partial charge in [0.25, 0.3) is 0 Å². The molecular formula is C24H27N3O4S. The first-order chi connectivity index (χ1) is 15.5. The SMILES string of the molecule is COc1ccc(CNC(=O)C2CCC3C(=O)N(c4ccc(OC)cc4)C(=S)NC3C2)cc1. The Morgan fingerprint density at radius 3 is 2.31 bits per heavy atom. The summed E-state index contributed by atoms with van der Waals surface area (Å²) in [6.45, 7) is 0.462. The molecule has 2 aromatic rings. The average Bonchev–Trinajstić information content (AvgIpc) is 2.83. The molecule has 4 rings (SSSR count). The maximum Gasteiger partial charge on any atom is 0.238 e. The molecule has 2 fully saturated rings. The van der Waals surface area contributed by atoms with Crippen molar-refractivity contribution in [3.8, 4) is 11.5 Å². The summed E-state index contributed by atoms with van der Waals surface area (Å²) in [4.78, 5) is 27.6. The number of carbonyl (C=O) groups excluding carboxylic acids is 2. The first-order valence-electron chi connectivity index (χ1n) is 10.7. The van der Waals surface area contributed by atoms with Crippen LogP contribution in [0.25, 0.3) is 0 Å². The van der Waals surface area contributed by atoms with E-state index in [1.807, 2.05) is 36.4 Å². The fourth-order valence-corrected chi connectivity index (χ4v) is 4.75. The smallest absolute Gasteiger partial charge is 0.238 e. The molecule has 1 saturated carbocycles. The fraction of sp³-hybridized carbons (Fsp3) is 0.375. The van der Waals surface area contributed by atoms with Gasteiger partial charge in [0.1, 0.15) is 11.5 Å². The van der Waals surface area contributed by atoms with E-state index in [0.717, 1.165) is 17.1 Å². The fourth-order valence-electron chi connectivity index (χ4n) is 4.41. The standard InChI is InChI=1S/C24H27N3O4S/c1-30-18-8-3-15(4-9-18)14-25-22(28)16-5-12-20-21(13-16)26-24(32)27(23(20)29)17-6-10-19(31-2)11-7-17/h3-4,6-11,16,20-21H,5,12-14H2,1-2H3,(H,25,28)(H,26,32). The summed E-state index contributed by atoms with van der Waals surface area (Å²) in [6.07, 6.45) is 1.90.